The molecule has 0 aliphatic carbocycles. The van der Waals surface area contributed by atoms with Crippen molar-refractivity contribution in [2.24, 2.45) is 0 Å². The van der Waals surface area contributed by atoms with Crippen molar-refractivity contribution in [3.63, 3.8) is 0 Å². The molecule has 0 N–H and O–H groups in total. The van der Waals surface area contributed by atoms with E-state index in [9.17, 15) is 4.79 Å². The smallest absolute Gasteiger partial charge is 0.167 e. The summed E-state index contributed by atoms with van der Waals surface area (Å²) in [6.45, 7) is 8.83. The molecule has 0 bridgehead atoms. The van der Waals surface area contributed by atoms with Gasteiger partial charge in [0.15, 0.2) is 5.78 Å². The summed E-state index contributed by atoms with van der Waals surface area (Å²) in [6, 6.07) is 14.0. The zero-order chi connectivity index (χ0) is 19.6. The molecule has 0 saturated heterocycles. The Bertz CT molecular complexity index is 728. The zero-order valence-electron chi connectivity index (χ0n) is 16.5. The Morgan fingerprint density at radius 3 is 2.44 bits per heavy atom. The van der Waals surface area contributed by atoms with Crippen LogP contribution in [0.2, 0.25) is 0 Å². The summed E-state index contributed by atoms with van der Waals surface area (Å²) >= 11 is 1.73. The Balaban J connectivity index is 1.87. The van der Waals surface area contributed by atoms with Gasteiger partial charge in [-0.3, -0.25) is 4.79 Å². The van der Waals surface area contributed by atoms with Gasteiger partial charge in [-0.05, 0) is 63.6 Å². The molecule has 0 radical (unpaired) electrons. The average Bonchev–Trinajstić information content (AvgIpc) is 2.64. The Morgan fingerprint density at radius 2 is 1.81 bits per heavy atom. The molecule has 0 unspecified atom stereocenters. The lowest BCUT2D eigenvalue weighted by Crippen LogP contribution is -2.24. The van der Waals surface area contributed by atoms with Gasteiger partial charge in [0.25, 0.3) is 0 Å². The van der Waals surface area contributed by atoms with E-state index in [1.807, 2.05) is 50.2 Å². The largest absolute Gasteiger partial charge is 0.491 e. The average molecular weight is 389 g/mol. The first-order chi connectivity index (χ1) is 13.0. The first-order valence-corrected chi connectivity index (χ1v) is 10.1. The van der Waals surface area contributed by atoms with Gasteiger partial charge in [-0.25, -0.2) is 0 Å². The van der Waals surface area contributed by atoms with E-state index < -0.39 is 0 Å². The molecule has 5 heteroatoms. The van der Waals surface area contributed by atoms with E-state index in [0.717, 1.165) is 27.7 Å². The van der Waals surface area contributed by atoms with Crippen LogP contribution in [0.25, 0.3) is 0 Å². The van der Waals surface area contributed by atoms with Crippen LogP contribution in [-0.4, -0.2) is 37.5 Å². The van der Waals surface area contributed by atoms with Crippen LogP contribution in [0.15, 0.2) is 47.4 Å². The van der Waals surface area contributed by atoms with Crippen LogP contribution >= 0.6 is 11.8 Å². The number of Topliss-reactive ketones (excluding diaryl/α,β-unsaturated/α-hetero) is 1. The van der Waals surface area contributed by atoms with Gasteiger partial charge in [0.1, 0.15) is 30.8 Å². The normalized spacial score (nSPS) is 11.9. The summed E-state index contributed by atoms with van der Waals surface area (Å²) < 4.78 is 17.2. The molecule has 0 fully saturated rings. The van der Waals surface area contributed by atoms with Gasteiger partial charge in [0, 0.05) is 17.3 Å². The highest BCUT2D eigenvalue weighted by Crippen LogP contribution is 2.26. The van der Waals surface area contributed by atoms with Crippen LogP contribution in [0, 0.1) is 13.8 Å². The number of ketones is 1. The van der Waals surface area contributed by atoms with E-state index in [0.29, 0.717) is 13.2 Å². The zero-order valence-corrected chi connectivity index (χ0v) is 17.3. The van der Waals surface area contributed by atoms with Crippen molar-refractivity contribution in [2.45, 2.75) is 38.7 Å². The lowest BCUT2D eigenvalue weighted by atomic mass is 10.2. The molecule has 0 spiro atoms. The standard InChI is InChI=1S/C22H28O4S/c1-5-24-20(14-25-19-8-6-16(2)7-9-19)15-27-21-10-11-22(17(3)12-21)26-13-18(4)23/h6-12,20H,5,13-15H2,1-4H3/t20-/m1/s1. The van der Waals surface area contributed by atoms with Crippen LogP contribution in [0.3, 0.4) is 0 Å². The molecular formula is C22H28O4S. The van der Waals surface area contributed by atoms with Gasteiger partial charge in [0.2, 0.25) is 0 Å². The van der Waals surface area contributed by atoms with Crippen molar-refractivity contribution >= 4 is 17.5 Å². The molecule has 2 aromatic rings. The number of ether oxygens (including phenoxy) is 3. The molecule has 2 aromatic carbocycles. The summed E-state index contributed by atoms with van der Waals surface area (Å²) in [6.07, 6.45) is 0.00949. The predicted octanol–water partition coefficient (Wildman–Crippen LogP) is 4.85. The van der Waals surface area contributed by atoms with E-state index >= 15 is 0 Å². The quantitative estimate of drug-likeness (QED) is 0.515. The van der Waals surface area contributed by atoms with Gasteiger partial charge in [-0.1, -0.05) is 17.7 Å². The minimum Gasteiger partial charge on any atom is -0.491 e. The van der Waals surface area contributed by atoms with Gasteiger partial charge < -0.3 is 14.2 Å². The summed E-state index contributed by atoms with van der Waals surface area (Å²) in [7, 11) is 0. The second-order valence-electron chi connectivity index (χ2n) is 6.43. The molecular weight excluding hydrogens is 360 g/mol. The van der Waals surface area contributed by atoms with Gasteiger partial charge in [-0.15, -0.1) is 11.8 Å². The lowest BCUT2D eigenvalue weighted by Gasteiger charge is -2.18. The van der Waals surface area contributed by atoms with E-state index in [-0.39, 0.29) is 18.5 Å². The number of carbonyl (C=O) groups excluding carboxylic acids is 1. The molecule has 2 rings (SSSR count). The van der Waals surface area contributed by atoms with Gasteiger partial charge in [-0.2, -0.15) is 0 Å². The van der Waals surface area contributed by atoms with Crippen molar-refractivity contribution < 1.29 is 19.0 Å². The number of hydrogen-bond acceptors (Lipinski definition) is 5. The maximum atomic E-state index is 11.1. The highest BCUT2D eigenvalue weighted by atomic mass is 32.2. The molecule has 0 aromatic heterocycles. The highest BCUT2D eigenvalue weighted by molar-refractivity contribution is 7.99. The van der Waals surface area contributed by atoms with Gasteiger partial charge in [0.05, 0.1) is 0 Å². The van der Waals surface area contributed by atoms with Crippen molar-refractivity contribution in [1.29, 1.82) is 0 Å². The number of rotatable bonds is 11. The third-order valence-corrected chi connectivity index (χ3v) is 5.00. The summed E-state index contributed by atoms with van der Waals surface area (Å²) in [4.78, 5) is 12.2. The SMILES string of the molecule is CCO[C@H](COc1ccc(C)cc1)CSc1ccc(OCC(C)=O)c(C)c1. The maximum absolute atomic E-state index is 11.1. The Morgan fingerprint density at radius 1 is 1.07 bits per heavy atom. The molecule has 0 heterocycles. The molecule has 4 nitrogen and oxygen atoms in total. The molecule has 0 amide bonds. The van der Waals surface area contributed by atoms with Crippen LogP contribution in [0.4, 0.5) is 0 Å². The first kappa shape index (κ1) is 21.3. The Labute approximate surface area is 166 Å². The molecule has 27 heavy (non-hydrogen) atoms. The first-order valence-electron chi connectivity index (χ1n) is 9.14. The van der Waals surface area contributed by atoms with Crippen molar-refractivity contribution in [3.05, 3.63) is 53.6 Å². The van der Waals surface area contributed by atoms with E-state index in [4.69, 9.17) is 14.2 Å². The third kappa shape index (κ3) is 7.65. The fraction of sp³-hybridized carbons (Fsp3) is 0.409. The fourth-order valence-corrected chi connectivity index (χ4v) is 3.44. The number of hydrogen-bond donors (Lipinski definition) is 0. The van der Waals surface area contributed by atoms with Crippen LogP contribution < -0.4 is 9.47 Å². The van der Waals surface area contributed by atoms with Crippen molar-refractivity contribution in [2.75, 3.05) is 25.6 Å². The van der Waals surface area contributed by atoms with E-state index in [1.54, 1.807) is 11.8 Å². The lowest BCUT2D eigenvalue weighted by molar-refractivity contribution is -0.118. The molecule has 0 aliphatic rings. The van der Waals surface area contributed by atoms with Crippen molar-refractivity contribution in [3.8, 4) is 11.5 Å². The van der Waals surface area contributed by atoms with E-state index in [2.05, 4.69) is 13.0 Å². The number of benzene rings is 2. The minimum atomic E-state index is 0.00949. The number of aryl methyl sites for hydroxylation is 2. The Hall–Kier alpha value is -1.98. The summed E-state index contributed by atoms with van der Waals surface area (Å²) in [5.41, 5.74) is 2.23. The maximum Gasteiger partial charge on any atom is 0.167 e. The summed E-state index contributed by atoms with van der Waals surface area (Å²) in [5, 5.41) is 0. The van der Waals surface area contributed by atoms with Crippen LogP contribution in [0.5, 0.6) is 11.5 Å². The minimum absolute atomic E-state index is 0.00949. The highest BCUT2D eigenvalue weighted by Gasteiger charge is 2.12. The molecule has 0 aliphatic heterocycles. The monoisotopic (exact) mass is 388 g/mol. The Kier molecular flexibility index (Phi) is 8.69. The molecule has 146 valence electrons. The fourth-order valence-electron chi connectivity index (χ4n) is 2.45. The summed E-state index contributed by atoms with van der Waals surface area (Å²) in [5.74, 6) is 2.42. The van der Waals surface area contributed by atoms with Crippen LogP contribution in [0.1, 0.15) is 25.0 Å². The number of thioether (sulfide) groups is 1. The molecule has 0 saturated carbocycles. The second-order valence-corrected chi connectivity index (χ2v) is 7.52. The predicted molar refractivity (Wildman–Crippen MR) is 110 cm³/mol. The van der Waals surface area contributed by atoms with Crippen molar-refractivity contribution in [1.82, 2.24) is 0 Å². The number of carbonyl (C=O) groups is 1. The van der Waals surface area contributed by atoms with Gasteiger partial charge >= 0.3 is 0 Å². The topological polar surface area (TPSA) is 44.8 Å². The third-order valence-electron chi connectivity index (χ3n) is 3.87. The second kappa shape index (κ2) is 11.0. The molecule has 1 atom stereocenters. The van der Waals surface area contributed by atoms with Crippen LogP contribution in [-0.2, 0) is 9.53 Å². The van der Waals surface area contributed by atoms with E-state index in [1.165, 1.54) is 12.5 Å².